The second-order valence-electron chi connectivity index (χ2n) is 6.96. The van der Waals surface area contributed by atoms with Gasteiger partial charge in [-0.2, -0.15) is 5.10 Å². The summed E-state index contributed by atoms with van der Waals surface area (Å²) in [6, 6.07) is 14.0. The number of methoxy groups -OCH3 is 2. The number of carbonyl (C=O) groups is 2. The van der Waals surface area contributed by atoms with Gasteiger partial charge in [-0.3, -0.25) is 9.59 Å². The Morgan fingerprint density at radius 1 is 1.17 bits per heavy atom. The third-order valence-electron chi connectivity index (χ3n) is 5.10. The van der Waals surface area contributed by atoms with Crippen LogP contribution in [0.3, 0.4) is 0 Å². The summed E-state index contributed by atoms with van der Waals surface area (Å²) >= 11 is 0. The second kappa shape index (κ2) is 7.90. The Balaban J connectivity index is 1.68. The van der Waals surface area contributed by atoms with E-state index in [4.69, 9.17) is 9.47 Å². The first-order valence-corrected chi connectivity index (χ1v) is 9.49. The smallest absolute Gasteiger partial charge is 0.249 e. The van der Waals surface area contributed by atoms with Gasteiger partial charge >= 0.3 is 0 Å². The van der Waals surface area contributed by atoms with E-state index >= 15 is 0 Å². The Labute approximate surface area is 173 Å². The molecule has 0 saturated carbocycles. The van der Waals surface area contributed by atoms with Crippen LogP contribution in [-0.4, -0.2) is 35.8 Å². The summed E-state index contributed by atoms with van der Waals surface area (Å²) < 4.78 is 12.1. The molecule has 1 aliphatic heterocycles. The molecule has 2 heterocycles. The van der Waals surface area contributed by atoms with Gasteiger partial charge in [-0.1, -0.05) is 30.3 Å². The maximum absolute atomic E-state index is 13.1. The lowest BCUT2D eigenvalue weighted by Gasteiger charge is -2.24. The Bertz CT molecular complexity index is 1110. The normalized spacial score (nSPS) is 15.2. The number of carbonyl (C=O) groups excluding carboxylic acids is 2. The molecule has 154 valence electrons. The predicted molar refractivity (Wildman–Crippen MR) is 113 cm³/mol. The third kappa shape index (κ3) is 3.47. The van der Waals surface area contributed by atoms with E-state index in [-0.39, 0.29) is 18.2 Å². The van der Waals surface area contributed by atoms with Gasteiger partial charge in [0.1, 0.15) is 23.4 Å². The second-order valence-corrected chi connectivity index (χ2v) is 6.96. The molecule has 30 heavy (non-hydrogen) atoms. The van der Waals surface area contributed by atoms with Crippen molar-refractivity contribution in [2.45, 2.75) is 19.4 Å². The zero-order valence-corrected chi connectivity index (χ0v) is 16.9. The van der Waals surface area contributed by atoms with Crippen molar-refractivity contribution in [3.8, 4) is 22.8 Å². The fourth-order valence-electron chi connectivity index (χ4n) is 3.53. The van der Waals surface area contributed by atoms with E-state index in [0.29, 0.717) is 23.0 Å². The van der Waals surface area contributed by atoms with Crippen LogP contribution in [0.4, 0.5) is 11.5 Å². The minimum Gasteiger partial charge on any atom is -0.497 e. The Hall–Kier alpha value is -3.81. The summed E-state index contributed by atoms with van der Waals surface area (Å²) in [5.41, 5.74) is 2.95. The van der Waals surface area contributed by atoms with Crippen molar-refractivity contribution in [3.63, 3.8) is 0 Å². The van der Waals surface area contributed by atoms with E-state index in [2.05, 4.69) is 15.7 Å². The lowest BCUT2D eigenvalue weighted by atomic mass is 10.1. The number of benzene rings is 2. The lowest BCUT2D eigenvalue weighted by Crippen LogP contribution is -2.36. The number of anilines is 2. The summed E-state index contributed by atoms with van der Waals surface area (Å²) in [4.78, 5) is 25.4. The van der Waals surface area contributed by atoms with Gasteiger partial charge in [0.05, 0.1) is 32.0 Å². The third-order valence-corrected chi connectivity index (χ3v) is 5.10. The molecule has 0 radical (unpaired) electrons. The topological polar surface area (TPSA) is 94.5 Å². The molecular weight excluding hydrogens is 384 g/mol. The molecule has 2 amide bonds. The number of rotatable bonds is 5. The molecule has 1 aliphatic rings. The Morgan fingerprint density at radius 2 is 1.93 bits per heavy atom. The first-order valence-electron chi connectivity index (χ1n) is 9.49. The molecule has 1 unspecified atom stereocenters. The van der Waals surface area contributed by atoms with Crippen molar-refractivity contribution >= 4 is 23.3 Å². The standard InChI is InChI=1S/C22H22N4O4/c1-13-20(14-7-5-4-6-8-14)25-26-17(12-19(27)24-21(13)26)22(28)23-16-10-9-15(29-2)11-18(16)30-3/h4-11,17H,12H2,1-3H3,(H,23,28)(H,24,27). The van der Waals surface area contributed by atoms with Crippen LogP contribution >= 0.6 is 0 Å². The predicted octanol–water partition coefficient (Wildman–Crippen LogP) is 3.40. The molecular formula is C22H22N4O4. The monoisotopic (exact) mass is 406 g/mol. The van der Waals surface area contributed by atoms with Crippen molar-refractivity contribution < 1.29 is 19.1 Å². The SMILES string of the molecule is COc1ccc(NC(=O)C2CC(=O)Nc3c(C)c(-c4ccccc4)nn32)c(OC)c1. The Morgan fingerprint density at radius 3 is 2.63 bits per heavy atom. The summed E-state index contributed by atoms with van der Waals surface area (Å²) in [7, 11) is 3.07. The van der Waals surface area contributed by atoms with Crippen molar-refractivity contribution in [3.05, 3.63) is 54.1 Å². The molecule has 3 aromatic rings. The summed E-state index contributed by atoms with van der Waals surface area (Å²) in [5.74, 6) is 1.03. The summed E-state index contributed by atoms with van der Waals surface area (Å²) in [6.07, 6.45) is -0.00729. The summed E-state index contributed by atoms with van der Waals surface area (Å²) in [5, 5.41) is 10.4. The van der Waals surface area contributed by atoms with Gasteiger partial charge in [-0.05, 0) is 19.1 Å². The number of fused-ring (bicyclic) bond motifs is 1. The molecule has 8 nitrogen and oxygen atoms in total. The van der Waals surface area contributed by atoms with Crippen LogP contribution in [0.25, 0.3) is 11.3 Å². The van der Waals surface area contributed by atoms with Crippen LogP contribution in [0.1, 0.15) is 18.0 Å². The van der Waals surface area contributed by atoms with Crippen molar-refractivity contribution in [1.29, 1.82) is 0 Å². The van der Waals surface area contributed by atoms with Gasteiger partial charge in [-0.25, -0.2) is 4.68 Å². The number of ether oxygens (including phenoxy) is 2. The fourth-order valence-corrected chi connectivity index (χ4v) is 3.53. The van der Waals surface area contributed by atoms with Crippen molar-refractivity contribution in [1.82, 2.24) is 9.78 Å². The average Bonchev–Trinajstić information content (AvgIpc) is 3.10. The maximum Gasteiger partial charge on any atom is 0.249 e. The number of aromatic nitrogens is 2. The van der Waals surface area contributed by atoms with Crippen molar-refractivity contribution in [2.24, 2.45) is 0 Å². The van der Waals surface area contributed by atoms with Crippen LogP contribution in [-0.2, 0) is 9.59 Å². The first-order chi connectivity index (χ1) is 14.5. The van der Waals surface area contributed by atoms with Gasteiger partial charge in [0, 0.05) is 17.2 Å². The molecule has 1 aromatic heterocycles. The molecule has 1 atom stereocenters. The molecule has 2 aromatic carbocycles. The van der Waals surface area contributed by atoms with Gasteiger partial charge in [0.2, 0.25) is 11.8 Å². The number of nitrogens with zero attached hydrogens (tertiary/aromatic N) is 2. The minimum absolute atomic E-state index is 0.00729. The highest BCUT2D eigenvalue weighted by atomic mass is 16.5. The highest BCUT2D eigenvalue weighted by molar-refractivity contribution is 6.02. The molecule has 2 N–H and O–H groups in total. The van der Waals surface area contributed by atoms with E-state index in [0.717, 1.165) is 16.8 Å². The molecule has 0 saturated heterocycles. The van der Waals surface area contributed by atoms with Gasteiger partial charge in [0.25, 0.3) is 0 Å². The number of amides is 2. The molecule has 0 fully saturated rings. The molecule has 0 aliphatic carbocycles. The van der Waals surface area contributed by atoms with Crippen molar-refractivity contribution in [2.75, 3.05) is 24.9 Å². The summed E-state index contributed by atoms with van der Waals surface area (Å²) in [6.45, 7) is 1.88. The van der Waals surface area contributed by atoms with Gasteiger partial charge < -0.3 is 20.1 Å². The zero-order valence-electron chi connectivity index (χ0n) is 16.9. The number of hydrogen-bond acceptors (Lipinski definition) is 5. The highest BCUT2D eigenvalue weighted by Gasteiger charge is 2.34. The van der Waals surface area contributed by atoms with Crippen LogP contribution in [0.15, 0.2) is 48.5 Å². The van der Waals surface area contributed by atoms with Crippen LogP contribution in [0.2, 0.25) is 0 Å². The Kier molecular flexibility index (Phi) is 5.14. The average molecular weight is 406 g/mol. The number of hydrogen-bond donors (Lipinski definition) is 2. The highest BCUT2D eigenvalue weighted by Crippen LogP contribution is 2.35. The van der Waals surface area contributed by atoms with E-state index < -0.39 is 6.04 Å². The zero-order chi connectivity index (χ0) is 21.3. The lowest BCUT2D eigenvalue weighted by molar-refractivity contribution is -0.125. The number of nitrogens with one attached hydrogen (secondary N) is 2. The van der Waals surface area contributed by atoms with E-state index in [1.807, 2.05) is 37.3 Å². The molecule has 8 heteroatoms. The van der Waals surface area contributed by atoms with Crippen LogP contribution < -0.4 is 20.1 Å². The molecule has 0 bridgehead atoms. The van der Waals surface area contributed by atoms with E-state index in [9.17, 15) is 9.59 Å². The fraction of sp³-hybridized carbons (Fsp3) is 0.227. The quantitative estimate of drug-likeness (QED) is 0.677. The minimum atomic E-state index is -0.781. The van der Waals surface area contributed by atoms with Gasteiger partial charge in [-0.15, -0.1) is 0 Å². The molecule has 0 spiro atoms. The largest absolute Gasteiger partial charge is 0.497 e. The first kappa shape index (κ1) is 19.5. The van der Waals surface area contributed by atoms with E-state index in [1.165, 1.54) is 7.11 Å². The maximum atomic E-state index is 13.1. The molecule has 4 rings (SSSR count). The van der Waals surface area contributed by atoms with Crippen LogP contribution in [0, 0.1) is 6.92 Å². The van der Waals surface area contributed by atoms with Gasteiger partial charge in [0.15, 0.2) is 0 Å². The van der Waals surface area contributed by atoms with Crippen LogP contribution in [0.5, 0.6) is 11.5 Å². The van der Waals surface area contributed by atoms with E-state index in [1.54, 1.807) is 30.0 Å².